The molecule has 2 N–H and O–H groups in total. The number of nitrogen functional groups attached to an aromatic ring is 1. The molecule has 0 radical (unpaired) electrons. The smallest absolute Gasteiger partial charge is 0.0994 e. The fourth-order valence-electron chi connectivity index (χ4n) is 4.05. The molecule has 26 heavy (non-hydrogen) atoms. The van der Waals surface area contributed by atoms with Gasteiger partial charge in [0.1, 0.15) is 0 Å². The summed E-state index contributed by atoms with van der Waals surface area (Å²) in [6, 6.07) is 6.88. The van der Waals surface area contributed by atoms with E-state index in [-0.39, 0.29) is 0 Å². The molecule has 1 aliphatic rings. The third-order valence-electron chi connectivity index (χ3n) is 5.47. The minimum Gasteiger partial charge on any atom is -0.396 e. The molecule has 4 nitrogen and oxygen atoms in total. The Bertz CT molecular complexity index is 1020. The number of aromatic nitrogens is 2. The van der Waals surface area contributed by atoms with E-state index in [1.807, 2.05) is 13.0 Å². The highest BCUT2D eigenvalue weighted by Gasteiger charge is 2.21. The van der Waals surface area contributed by atoms with E-state index >= 15 is 0 Å². The minimum atomic E-state index is 0.468. The molecule has 1 aliphatic carbocycles. The van der Waals surface area contributed by atoms with Crippen molar-refractivity contribution in [2.75, 3.05) is 5.73 Å². The normalized spacial score (nSPS) is 15.3. The second-order valence-corrected chi connectivity index (χ2v) is 7.51. The zero-order valence-electron chi connectivity index (χ0n) is 14.8. The van der Waals surface area contributed by atoms with Crippen molar-refractivity contribution in [1.82, 2.24) is 9.55 Å². The first-order valence-electron chi connectivity index (χ1n) is 9.04. The molecular weight excluding hydrogens is 344 g/mol. The predicted molar refractivity (Wildman–Crippen MR) is 106 cm³/mol. The van der Waals surface area contributed by atoms with Gasteiger partial charge in [-0.15, -0.1) is 0 Å². The highest BCUT2D eigenvalue weighted by atomic mass is 35.5. The van der Waals surface area contributed by atoms with Gasteiger partial charge in [-0.3, -0.25) is 4.98 Å². The summed E-state index contributed by atoms with van der Waals surface area (Å²) >= 11 is 6.49. The van der Waals surface area contributed by atoms with Crippen LogP contribution in [0.15, 0.2) is 30.7 Å². The number of halogens is 1. The van der Waals surface area contributed by atoms with Crippen LogP contribution in [0.25, 0.3) is 22.0 Å². The summed E-state index contributed by atoms with van der Waals surface area (Å²) in [6.07, 6.45) is 11.7. The van der Waals surface area contributed by atoms with E-state index in [0.717, 1.165) is 27.6 Å². The predicted octanol–water partition coefficient (Wildman–Crippen LogP) is 5.62. The Hall–Kier alpha value is -2.51. The Morgan fingerprint density at radius 2 is 1.96 bits per heavy atom. The van der Waals surface area contributed by atoms with Crippen molar-refractivity contribution >= 4 is 28.2 Å². The Labute approximate surface area is 158 Å². The summed E-state index contributed by atoms with van der Waals surface area (Å²) in [4.78, 5) is 4.23. The highest BCUT2D eigenvalue weighted by Crippen LogP contribution is 2.41. The third-order valence-corrected chi connectivity index (χ3v) is 5.89. The van der Waals surface area contributed by atoms with E-state index < -0.39 is 0 Å². The van der Waals surface area contributed by atoms with Crippen molar-refractivity contribution in [2.45, 2.75) is 45.1 Å². The van der Waals surface area contributed by atoms with Gasteiger partial charge in [-0.05, 0) is 37.5 Å². The molecule has 1 fully saturated rings. The van der Waals surface area contributed by atoms with Gasteiger partial charge in [-0.25, -0.2) is 0 Å². The molecular formula is C21H21ClN4. The van der Waals surface area contributed by atoms with Gasteiger partial charge < -0.3 is 10.3 Å². The maximum absolute atomic E-state index is 9.48. The van der Waals surface area contributed by atoms with Crippen LogP contribution < -0.4 is 5.73 Å². The zero-order chi connectivity index (χ0) is 18.3. The van der Waals surface area contributed by atoms with Gasteiger partial charge in [-0.2, -0.15) is 5.26 Å². The second-order valence-electron chi connectivity index (χ2n) is 7.13. The van der Waals surface area contributed by atoms with E-state index in [1.54, 1.807) is 12.4 Å². The number of aryl methyl sites for hydroxylation is 1. The van der Waals surface area contributed by atoms with E-state index in [1.165, 1.54) is 32.1 Å². The molecule has 0 saturated heterocycles. The molecule has 0 aliphatic heterocycles. The maximum atomic E-state index is 9.48. The number of hydrogen-bond acceptors (Lipinski definition) is 3. The largest absolute Gasteiger partial charge is 0.396 e. The molecule has 0 spiro atoms. The lowest BCUT2D eigenvalue weighted by Gasteiger charge is -2.24. The molecule has 5 heteroatoms. The van der Waals surface area contributed by atoms with Gasteiger partial charge in [0, 0.05) is 40.5 Å². The first kappa shape index (κ1) is 16.9. The molecule has 132 valence electrons. The van der Waals surface area contributed by atoms with Gasteiger partial charge >= 0.3 is 0 Å². The molecule has 4 rings (SSSR count). The maximum Gasteiger partial charge on any atom is 0.0994 e. The van der Waals surface area contributed by atoms with Crippen LogP contribution in [0.3, 0.4) is 0 Å². The topological polar surface area (TPSA) is 67.6 Å². The number of fused-ring (bicyclic) bond motifs is 1. The Morgan fingerprint density at radius 3 is 2.69 bits per heavy atom. The van der Waals surface area contributed by atoms with Crippen molar-refractivity contribution in [3.63, 3.8) is 0 Å². The molecule has 0 unspecified atom stereocenters. The molecule has 2 aromatic heterocycles. The van der Waals surface area contributed by atoms with Crippen molar-refractivity contribution < 1.29 is 0 Å². The fraction of sp³-hybridized carbons (Fsp3) is 0.333. The summed E-state index contributed by atoms with van der Waals surface area (Å²) in [5, 5.41) is 11.0. The van der Waals surface area contributed by atoms with Crippen LogP contribution in [-0.2, 0) is 0 Å². The van der Waals surface area contributed by atoms with Gasteiger partial charge in [-0.1, -0.05) is 30.9 Å². The quantitative estimate of drug-likeness (QED) is 0.641. The standard InChI is InChI=1S/C21H21ClN4/c1-13-7-20-16(8-14(13)9-23)18(17-10-25-11-19(24)21(17)22)12-26(20)15-5-3-2-4-6-15/h7-8,10-12,15H,2-6,24H2,1H3. The first-order chi connectivity index (χ1) is 12.6. The van der Waals surface area contributed by atoms with Gasteiger partial charge in [0.25, 0.3) is 0 Å². The Kier molecular flexibility index (Phi) is 4.34. The molecule has 0 atom stereocenters. The van der Waals surface area contributed by atoms with Gasteiger partial charge in [0.05, 0.1) is 28.5 Å². The van der Waals surface area contributed by atoms with Crippen LogP contribution in [0.2, 0.25) is 5.02 Å². The second kappa shape index (κ2) is 6.66. The van der Waals surface area contributed by atoms with Crippen LogP contribution in [0.1, 0.15) is 49.3 Å². The summed E-state index contributed by atoms with van der Waals surface area (Å²) < 4.78 is 2.37. The lowest BCUT2D eigenvalue weighted by molar-refractivity contribution is 0.361. The van der Waals surface area contributed by atoms with E-state index in [9.17, 15) is 5.26 Å². The number of nitrogens with zero attached hydrogens (tertiary/aromatic N) is 3. The van der Waals surface area contributed by atoms with Crippen LogP contribution in [-0.4, -0.2) is 9.55 Å². The van der Waals surface area contributed by atoms with Crippen LogP contribution in [0.4, 0.5) is 5.69 Å². The average molecular weight is 365 g/mol. The number of pyridine rings is 1. The van der Waals surface area contributed by atoms with Crippen molar-refractivity contribution in [3.8, 4) is 17.2 Å². The number of anilines is 1. The first-order valence-corrected chi connectivity index (χ1v) is 9.42. The zero-order valence-corrected chi connectivity index (χ0v) is 15.6. The summed E-state index contributed by atoms with van der Waals surface area (Å²) in [5.74, 6) is 0. The molecule has 1 saturated carbocycles. The number of benzene rings is 1. The van der Waals surface area contributed by atoms with Crippen LogP contribution in [0.5, 0.6) is 0 Å². The van der Waals surface area contributed by atoms with E-state index in [2.05, 4.69) is 27.9 Å². The van der Waals surface area contributed by atoms with E-state index in [0.29, 0.717) is 22.3 Å². The Balaban J connectivity index is 2.00. The lowest BCUT2D eigenvalue weighted by Crippen LogP contribution is -2.11. The van der Waals surface area contributed by atoms with Crippen molar-refractivity contribution in [3.05, 3.63) is 46.9 Å². The van der Waals surface area contributed by atoms with Crippen molar-refractivity contribution in [1.29, 1.82) is 5.26 Å². The van der Waals surface area contributed by atoms with Crippen molar-refractivity contribution in [2.24, 2.45) is 0 Å². The number of rotatable bonds is 2. The lowest BCUT2D eigenvalue weighted by atomic mass is 9.95. The third kappa shape index (κ3) is 2.73. The Morgan fingerprint density at radius 1 is 1.19 bits per heavy atom. The molecule has 0 bridgehead atoms. The van der Waals surface area contributed by atoms with Crippen LogP contribution in [0, 0.1) is 18.3 Å². The SMILES string of the molecule is Cc1cc2c(cc1C#N)c(-c1cncc(N)c1Cl)cn2C1CCCCC1. The molecule has 0 amide bonds. The number of hydrogen-bond donors (Lipinski definition) is 1. The highest BCUT2D eigenvalue weighted by molar-refractivity contribution is 6.36. The summed E-state index contributed by atoms with van der Waals surface area (Å²) in [5.41, 5.74) is 11.1. The molecule has 3 aromatic rings. The fourth-order valence-corrected chi connectivity index (χ4v) is 4.24. The average Bonchev–Trinajstić information content (AvgIpc) is 3.02. The minimum absolute atomic E-state index is 0.468. The van der Waals surface area contributed by atoms with Gasteiger partial charge in [0.15, 0.2) is 0 Å². The van der Waals surface area contributed by atoms with Gasteiger partial charge in [0.2, 0.25) is 0 Å². The summed E-state index contributed by atoms with van der Waals surface area (Å²) in [7, 11) is 0. The number of nitrogens with two attached hydrogens (primary N) is 1. The molecule has 1 aromatic carbocycles. The van der Waals surface area contributed by atoms with E-state index in [4.69, 9.17) is 17.3 Å². The number of nitriles is 1. The monoisotopic (exact) mass is 364 g/mol. The van der Waals surface area contributed by atoms with Crippen LogP contribution >= 0.6 is 11.6 Å². The molecule has 2 heterocycles. The summed E-state index contributed by atoms with van der Waals surface area (Å²) in [6.45, 7) is 1.99.